The molecule has 0 unspecified atom stereocenters. The van der Waals surface area contributed by atoms with Gasteiger partial charge in [0.2, 0.25) is 17.6 Å². The van der Waals surface area contributed by atoms with Crippen molar-refractivity contribution in [1.29, 1.82) is 0 Å². The van der Waals surface area contributed by atoms with Crippen LogP contribution < -0.4 is 0 Å². The third-order valence-corrected chi connectivity index (χ3v) is 4.03. The second-order valence-corrected chi connectivity index (χ2v) is 5.84. The van der Waals surface area contributed by atoms with E-state index in [2.05, 4.69) is 25.3 Å². The van der Waals surface area contributed by atoms with Gasteiger partial charge in [0.1, 0.15) is 5.82 Å². The summed E-state index contributed by atoms with van der Waals surface area (Å²) in [4.78, 5) is 8.21. The maximum Gasteiger partial charge on any atom is 0.277 e. The summed E-state index contributed by atoms with van der Waals surface area (Å²) in [5.41, 5.74) is 1.48. The van der Waals surface area contributed by atoms with E-state index < -0.39 is 0 Å². The fraction of sp³-hybridized carbons (Fsp3) is 0.0625. The summed E-state index contributed by atoms with van der Waals surface area (Å²) in [6, 6.07) is 9.45. The van der Waals surface area contributed by atoms with E-state index >= 15 is 0 Å². The minimum absolute atomic E-state index is 0.315. The van der Waals surface area contributed by atoms with Crippen LogP contribution in [0.2, 0.25) is 0 Å². The summed E-state index contributed by atoms with van der Waals surface area (Å²) in [7, 11) is 0. The Morgan fingerprint density at radius 1 is 0.960 bits per heavy atom. The summed E-state index contributed by atoms with van der Waals surface area (Å²) < 4.78 is 23.7. The minimum atomic E-state index is -0.315. The predicted molar refractivity (Wildman–Crippen MR) is 86.8 cm³/mol. The smallest absolute Gasteiger partial charge is 0.277 e. The number of halogens is 1. The first-order valence-electron chi connectivity index (χ1n) is 7.23. The van der Waals surface area contributed by atoms with Gasteiger partial charge >= 0.3 is 0 Å². The SMILES string of the molecule is Fc1ccc(-c2noc(CSc3nnc(-c4ccncc4)o3)n2)cc1. The predicted octanol–water partition coefficient (Wildman–Crippen LogP) is 3.61. The van der Waals surface area contributed by atoms with Crippen LogP contribution in [0, 0.1) is 5.82 Å². The molecule has 25 heavy (non-hydrogen) atoms. The molecule has 0 aliphatic heterocycles. The van der Waals surface area contributed by atoms with Crippen LogP contribution in [-0.4, -0.2) is 25.3 Å². The summed E-state index contributed by atoms with van der Waals surface area (Å²) >= 11 is 1.29. The summed E-state index contributed by atoms with van der Waals surface area (Å²) in [5.74, 6) is 1.30. The highest BCUT2D eigenvalue weighted by Gasteiger charge is 2.13. The molecule has 9 heteroatoms. The average Bonchev–Trinajstić information content (AvgIpc) is 3.31. The largest absolute Gasteiger partial charge is 0.411 e. The lowest BCUT2D eigenvalue weighted by Gasteiger charge is -1.93. The number of hydrogen-bond acceptors (Lipinski definition) is 8. The van der Waals surface area contributed by atoms with Crippen LogP contribution in [-0.2, 0) is 5.75 Å². The number of hydrogen-bond donors (Lipinski definition) is 0. The molecular weight excluding hydrogens is 345 g/mol. The van der Waals surface area contributed by atoms with Crippen LogP contribution in [0.4, 0.5) is 4.39 Å². The number of aromatic nitrogens is 5. The average molecular weight is 355 g/mol. The highest BCUT2D eigenvalue weighted by atomic mass is 32.2. The number of rotatable bonds is 5. The number of pyridine rings is 1. The summed E-state index contributed by atoms with van der Waals surface area (Å²) in [6.07, 6.45) is 3.31. The van der Waals surface area contributed by atoms with E-state index in [9.17, 15) is 4.39 Å². The summed E-state index contributed by atoms with van der Waals surface area (Å²) in [5, 5.41) is 12.3. The van der Waals surface area contributed by atoms with Gasteiger partial charge in [0.15, 0.2) is 0 Å². The molecule has 4 rings (SSSR count). The van der Waals surface area contributed by atoms with Crippen molar-refractivity contribution in [3.8, 4) is 22.8 Å². The lowest BCUT2D eigenvalue weighted by molar-refractivity contribution is 0.391. The van der Waals surface area contributed by atoms with Gasteiger partial charge in [0.05, 0.1) is 5.75 Å². The molecule has 4 aromatic rings. The van der Waals surface area contributed by atoms with Crippen molar-refractivity contribution >= 4 is 11.8 Å². The van der Waals surface area contributed by atoms with E-state index in [0.29, 0.717) is 34.1 Å². The Balaban J connectivity index is 1.42. The van der Waals surface area contributed by atoms with Gasteiger partial charge in [-0.15, -0.1) is 10.2 Å². The first kappa shape index (κ1) is 15.5. The van der Waals surface area contributed by atoms with Crippen LogP contribution in [0.15, 0.2) is 63.0 Å². The van der Waals surface area contributed by atoms with Crippen molar-refractivity contribution in [2.24, 2.45) is 0 Å². The molecule has 0 aliphatic rings. The van der Waals surface area contributed by atoms with Gasteiger partial charge in [-0.3, -0.25) is 4.98 Å². The highest BCUT2D eigenvalue weighted by molar-refractivity contribution is 7.98. The number of thioether (sulfide) groups is 1. The van der Waals surface area contributed by atoms with Gasteiger partial charge in [0.25, 0.3) is 5.22 Å². The van der Waals surface area contributed by atoms with Gasteiger partial charge in [-0.2, -0.15) is 4.98 Å². The number of benzene rings is 1. The zero-order chi connectivity index (χ0) is 17.1. The monoisotopic (exact) mass is 355 g/mol. The van der Waals surface area contributed by atoms with Crippen LogP contribution in [0.5, 0.6) is 0 Å². The van der Waals surface area contributed by atoms with Crippen LogP contribution in [0.25, 0.3) is 22.8 Å². The lowest BCUT2D eigenvalue weighted by Crippen LogP contribution is -1.83. The topological polar surface area (TPSA) is 90.7 Å². The second-order valence-electron chi connectivity index (χ2n) is 4.92. The first-order chi connectivity index (χ1) is 12.3. The Morgan fingerprint density at radius 2 is 1.76 bits per heavy atom. The molecule has 0 saturated heterocycles. The molecule has 0 bridgehead atoms. The third-order valence-electron chi connectivity index (χ3n) is 3.22. The van der Waals surface area contributed by atoms with Crippen molar-refractivity contribution in [1.82, 2.24) is 25.3 Å². The maximum absolute atomic E-state index is 12.9. The molecule has 124 valence electrons. The van der Waals surface area contributed by atoms with Crippen molar-refractivity contribution in [3.05, 3.63) is 60.5 Å². The van der Waals surface area contributed by atoms with Crippen molar-refractivity contribution in [3.63, 3.8) is 0 Å². The minimum Gasteiger partial charge on any atom is -0.411 e. The number of nitrogens with zero attached hydrogens (tertiary/aromatic N) is 5. The van der Waals surface area contributed by atoms with Gasteiger partial charge in [-0.05, 0) is 36.4 Å². The molecule has 3 aromatic heterocycles. The fourth-order valence-corrected chi connectivity index (χ4v) is 2.63. The molecule has 0 aliphatic carbocycles. The van der Waals surface area contributed by atoms with E-state index in [1.807, 2.05) is 0 Å². The van der Waals surface area contributed by atoms with Crippen molar-refractivity contribution in [2.75, 3.05) is 0 Å². The molecule has 0 fully saturated rings. The fourth-order valence-electron chi connectivity index (χ4n) is 2.03. The lowest BCUT2D eigenvalue weighted by atomic mass is 10.2. The molecule has 0 N–H and O–H groups in total. The quantitative estimate of drug-likeness (QED) is 0.501. The van der Waals surface area contributed by atoms with Crippen LogP contribution in [0.1, 0.15) is 5.89 Å². The molecule has 3 heterocycles. The van der Waals surface area contributed by atoms with Crippen molar-refractivity contribution < 1.29 is 13.3 Å². The van der Waals surface area contributed by atoms with E-state index in [-0.39, 0.29) is 5.82 Å². The van der Waals surface area contributed by atoms with Crippen LogP contribution in [0.3, 0.4) is 0 Å². The van der Waals surface area contributed by atoms with E-state index in [1.165, 1.54) is 23.9 Å². The molecule has 1 aromatic carbocycles. The molecule has 0 atom stereocenters. The molecule has 0 saturated carbocycles. The molecule has 7 nitrogen and oxygen atoms in total. The Bertz CT molecular complexity index is 972. The van der Waals surface area contributed by atoms with Crippen molar-refractivity contribution in [2.45, 2.75) is 11.0 Å². The van der Waals surface area contributed by atoms with Gasteiger partial charge < -0.3 is 8.94 Å². The molecular formula is C16H10FN5O2S. The Hall–Kier alpha value is -3.07. The Kier molecular flexibility index (Phi) is 4.21. The molecule has 0 radical (unpaired) electrons. The zero-order valence-electron chi connectivity index (χ0n) is 12.7. The summed E-state index contributed by atoms with van der Waals surface area (Å²) in [6.45, 7) is 0. The van der Waals surface area contributed by atoms with E-state index in [1.54, 1.807) is 36.7 Å². The Labute approximate surface area is 145 Å². The van der Waals surface area contributed by atoms with E-state index in [0.717, 1.165) is 5.56 Å². The molecule has 0 amide bonds. The standard InChI is InChI=1S/C16H10FN5O2S/c17-12-3-1-10(2-4-12)14-19-13(24-22-14)9-25-16-21-20-15(23-16)11-5-7-18-8-6-11/h1-8H,9H2. The Morgan fingerprint density at radius 3 is 2.56 bits per heavy atom. The van der Waals surface area contributed by atoms with Gasteiger partial charge in [-0.1, -0.05) is 16.9 Å². The first-order valence-corrected chi connectivity index (χ1v) is 8.22. The van der Waals surface area contributed by atoms with E-state index in [4.69, 9.17) is 8.94 Å². The van der Waals surface area contributed by atoms with Gasteiger partial charge in [-0.25, -0.2) is 4.39 Å². The van der Waals surface area contributed by atoms with Crippen LogP contribution >= 0.6 is 11.8 Å². The second kappa shape index (κ2) is 6.81. The third kappa shape index (κ3) is 3.56. The maximum atomic E-state index is 12.9. The highest BCUT2D eigenvalue weighted by Crippen LogP contribution is 2.25. The zero-order valence-corrected chi connectivity index (χ0v) is 13.5. The molecule has 0 spiro atoms. The normalized spacial score (nSPS) is 10.9. The van der Waals surface area contributed by atoms with Gasteiger partial charge in [0, 0.05) is 23.5 Å².